The molecule has 0 saturated carbocycles. The molecule has 14 heavy (non-hydrogen) atoms. The minimum atomic E-state index is -0.0819. The number of hydrogen-bond acceptors (Lipinski definition) is 3. The highest BCUT2D eigenvalue weighted by Gasteiger charge is 2.28. The lowest BCUT2D eigenvalue weighted by Gasteiger charge is -2.35. The average Bonchev–Trinajstić information content (AvgIpc) is 2.19. The molecule has 1 saturated heterocycles. The zero-order valence-corrected chi connectivity index (χ0v) is 9.45. The molecular formula is C11H21NO2. The molecule has 1 aliphatic heterocycles. The third kappa shape index (κ3) is 2.71. The van der Waals surface area contributed by atoms with Crippen molar-refractivity contribution in [3.63, 3.8) is 0 Å². The summed E-state index contributed by atoms with van der Waals surface area (Å²) < 4.78 is 4.81. The van der Waals surface area contributed by atoms with Gasteiger partial charge >= 0.3 is 5.97 Å². The van der Waals surface area contributed by atoms with Gasteiger partial charge in [-0.2, -0.15) is 0 Å². The van der Waals surface area contributed by atoms with Gasteiger partial charge in [-0.05, 0) is 31.7 Å². The predicted molar refractivity (Wildman–Crippen MR) is 56.1 cm³/mol. The Morgan fingerprint density at radius 1 is 1.64 bits per heavy atom. The van der Waals surface area contributed by atoms with E-state index in [4.69, 9.17) is 4.74 Å². The Morgan fingerprint density at radius 3 is 2.86 bits per heavy atom. The van der Waals surface area contributed by atoms with Crippen LogP contribution < -0.4 is 0 Å². The van der Waals surface area contributed by atoms with Crippen molar-refractivity contribution in [1.82, 2.24) is 4.90 Å². The summed E-state index contributed by atoms with van der Waals surface area (Å²) in [6.07, 6.45) is 3.34. The number of carbonyl (C=O) groups excluding carboxylic acids is 1. The number of likely N-dealkylation sites (tertiary alicyclic amines) is 1. The molecule has 1 heterocycles. The number of hydrogen-bond donors (Lipinski definition) is 0. The van der Waals surface area contributed by atoms with Crippen LogP contribution in [-0.4, -0.2) is 37.1 Å². The summed E-state index contributed by atoms with van der Waals surface area (Å²) in [4.78, 5) is 13.7. The molecule has 0 aromatic heterocycles. The van der Waals surface area contributed by atoms with Gasteiger partial charge in [0.05, 0.1) is 7.11 Å². The van der Waals surface area contributed by atoms with E-state index in [1.54, 1.807) is 0 Å². The summed E-state index contributed by atoms with van der Waals surface area (Å²) >= 11 is 0. The maximum absolute atomic E-state index is 11.5. The van der Waals surface area contributed by atoms with Gasteiger partial charge in [0.15, 0.2) is 0 Å². The third-order valence-electron chi connectivity index (χ3n) is 2.99. The van der Waals surface area contributed by atoms with E-state index in [9.17, 15) is 4.79 Å². The fourth-order valence-corrected chi connectivity index (χ4v) is 2.22. The van der Waals surface area contributed by atoms with Crippen LogP contribution in [0.25, 0.3) is 0 Å². The lowest BCUT2D eigenvalue weighted by molar-refractivity contribution is -0.147. The maximum Gasteiger partial charge on any atom is 0.323 e. The van der Waals surface area contributed by atoms with Gasteiger partial charge in [0.25, 0.3) is 0 Å². The fraction of sp³-hybridized carbons (Fsp3) is 0.909. The minimum Gasteiger partial charge on any atom is -0.468 e. The van der Waals surface area contributed by atoms with Gasteiger partial charge in [-0.1, -0.05) is 13.8 Å². The molecule has 0 spiro atoms. The second-order valence-electron chi connectivity index (χ2n) is 4.19. The number of methoxy groups -OCH3 is 1. The van der Waals surface area contributed by atoms with Crippen molar-refractivity contribution in [3.05, 3.63) is 0 Å². The number of ether oxygens (including phenoxy) is 1. The SMILES string of the molecule is CC[C@@H](C(=O)OC)N1CCC[C@H](C)C1. The normalized spacial score (nSPS) is 25.8. The van der Waals surface area contributed by atoms with Gasteiger partial charge in [-0.25, -0.2) is 0 Å². The van der Waals surface area contributed by atoms with Crippen molar-refractivity contribution >= 4 is 5.97 Å². The first-order valence-electron chi connectivity index (χ1n) is 5.51. The number of rotatable bonds is 3. The second-order valence-corrected chi connectivity index (χ2v) is 4.19. The van der Waals surface area contributed by atoms with E-state index >= 15 is 0 Å². The maximum atomic E-state index is 11.5. The van der Waals surface area contributed by atoms with Crippen LogP contribution in [0.15, 0.2) is 0 Å². The van der Waals surface area contributed by atoms with Crippen molar-refractivity contribution in [2.45, 2.75) is 39.2 Å². The highest BCUT2D eigenvalue weighted by Crippen LogP contribution is 2.19. The van der Waals surface area contributed by atoms with Crippen molar-refractivity contribution in [1.29, 1.82) is 0 Å². The Kier molecular flexibility index (Phi) is 4.39. The Labute approximate surface area is 86.4 Å². The molecule has 0 bridgehead atoms. The predicted octanol–water partition coefficient (Wildman–Crippen LogP) is 1.67. The van der Waals surface area contributed by atoms with E-state index in [1.807, 2.05) is 6.92 Å². The molecule has 0 aliphatic carbocycles. The molecule has 0 aromatic carbocycles. The number of nitrogens with zero attached hydrogens (tertiary/aromatic N) is 1. The van der Waals surface area contributed by atoms with E-state index in [0.717, 1.165) is 19.5 Å². The molecule has 0 radical (unpaired) electrons. The average molecular weight is 199 g/mol. The van der Waals surface area contributed by atoms with E-state index in [2.05, 4.69) is 11.8 Å². The molecule has 0 unspecified atom stereocenters. The molecule has 1 rings (SSSR count). The molecule has 0 amide bonds. The number of piperidine rings is 1. The molecular weight excluding hydrogens is 178 g/mol. The molecule has 82 valence electrons. The first kappa shape index (κ1) is 11.5. The number of esters is 1. The largest absolute Gasteiger partial charge is 0.468 e. The molecule has 1 aliphatic rings. The van der Waals surface area contributed by atoms with E-state index in [1.165, 1.54) is 20.0 Å². The Bertz CT molecular complexity index is 194. The summed E-state index contributed by atoms with van der Waals surface area (Å²) in [5.41, 5.74) is 0. The quantitative estimate of drug-likeness (QED) is 0.648. The van der Waals surface area contributed by atoms with Crippen LogP contribution in [0.1, 0.15) is 33.1 Å². The van der Waals surface area contributed by atoms with E-state index < -0.39 is 0 Å². The van der Waals surface area contributed by atoms with Crippen LogP contribution in [0.5, 0.6) is 0 Å². The Balaban J connectivity index is 2.54. The standard InChI is InChI=1S/C11H21NO2/c1-4-10(11(13)14-3)12-7-5-6-9(2)8-12/h9-10H,4-8H2,1-3H3/t9-,10-/m0/s1. The van der Waals surface area contributed by atoms with Crippen LogP contribution in [0, 0.1) is 5.92 Å². The van der Waals surface area contributed by atoms with Crippen molar-refractivity contribution < 1.29 is 9.53 Å². The second kappa shape index (κ2) is 5.35. The Hall–Kier alpha value is -0.570. The zero-order valence-electron chi connectivity index (χ0n) is 9.45. The van der Waals surface area contributed by atoms with Crippen LogP contribution in [0.3, 0.4) is 0 Å². The molecule has 1 fully saturated rings. The van der Waals surface area contributed by atoms with E-state index in [-0.39, 0.29) is 12.0 Å². The van der Waals surface area contributed by atoms with Crippen molar-refractivity contribution in [2.24, 2.45) is 5.92 Å². The van der Waals surface area contributed by atoms with Crippen LogP contribution >= 0.6 is 0 Å². The number of carbonyl (C=O) groups is 1. The monoisotopic (exact) mass is 199 g/mol. The molecule has 0 N–H and O–H groups in total. The molecule has 3 nitrogen and oxygen atoms in total. The first-order valence-corrected chi connectivity index (χ1v) is 5.51. The summed E-state index contributed by atoms with van der Waals surface area (Å²) in [5, 5.41) is 0. The van der Waals surface area contributed by atoms with E-state index in [0.29, 0.717) is 5.92 Å². The summed E-state index contributed by atoms with van der Waals surface area (Å²) in [6.45, 7) is 6.36. The fourth-order valence-electron chi connectivity index (χ4n) is 2.22. The summed E-state index contributed by atoms with van der Waals surface area (Å²) in [7, 11) is 1.47. The van der Waals surface area contributed by atoms with Crippen molar-refractivity contribution in [3.8, 4) is 0 Å². The highest BCUT2D eigenvalue weighted by atomic mass is 16.5. The van der Waals surface area contributed by atoms with Gasteiger partial charge in [-0.15, -0.1) is 0 Å². The first-order chi connectivity index (χ1) is 6.69. The summed E-state index contributed by atoms with van der Waals surface area (Å²) in [6, 6.07) is -0.0252. The summed E-state index contributed by atoms with van der Waals surface area (Å²) in [5.74, 6) is 0.629. The lowest BCUT2D eigenvalue weighted by Crippen LogP contribution is -2.46. The smallest absolute Gasteiger partial charge is 0.323 e. The van der Waals surface area contributed by atoms with Crippen LogP contribution in [-0.2, 0) is 9.53 Å². The van der Waals surface area contributed by atoms with Gasteiger partial charge in [0.1, 0.15) is 6.04 Å². The van der Waals surface area contributed by atoms with Gasteiger partial charge in [-0.3, -0.25) is 9.69 Å². The van der Waals surface area contributed by atoms with Crippen molar-refractivity contribution in [2.75, 3.05) is 20.2 Å². The van der Waals surface area contributed by atoms with Crippen LogP contribution in [0.4, 0.5) is 0 Å². The minimum absolute atomic E-state index is 0.0252. The third-order valence-corrected chi connectivity index (χ3v) is 2.99. The van der Waals surface area contributed by atoms with Crippen LogP contribution in [0.2, 0.25) is 0 Å². The van der Waals surface area contributed by atoms with Gasteiger partial charge in [0, 0.05) is 6.54 Å². The Morgan fingerprint density at radius 2 is 2.36 bits per heavy atom. The van der Waals surface area contributed by atoms with Gasteiger partial charge < -0.3 is 4.74 Å². The molecule has 0 aromatic rings. The topological polar surface area (TPSA) is 29.5 Å². The van der Waals surface area contributed by atoms with Gasteiger partial charge in [0.2, 0.25) is 0 Å². The highest BCUT2D eigenvalue weighted by molar-refractivity contribution is 5.75. The molecule has 2 atom stereocenters. The lowest BCUT2D eigenvalue weighted by atomic mass is 9.98. The molecule has 3 heteroatoms. The zero-order chi connectivity index (χ0) is 10.6.